The van der Waals surface area contributed by atoms with Gasteiger partial charge in [-0.05, 0) is 42.5 Å². The maximum atomic E-state index is 12.8. The molecule has 3 N–H and O–H groups in total. The number of methoxy groups -OCH3 is 1. The second-order valence-corrected chi connectivity index (χ2v) is 8.72. The van der Waals surface area contributed by atoms with Gasteiger partial charge < -0.3 is 25.2 Å². The number of carbonyl (C=O) groups excluding carboxylic acids is 2. The molecule has 0 bridgehead atoms. The van der Waals surface area contributed by atoms with Gasteiger partial charge >= 0.3 is 12.1 Å². The van der Waals surface area contributed by atoms with Crippen LogP contribution in [0, 0.1) is 0 Å². The molecule has 0 saturated heterocycles. The van der Waals surface area contributed by atoms with Crippen LogP contribution in [0.2, 0.25) is 0 Å². The number of allylic oxidation sites excluding steroid dienone is 1. The van der Waals surface area contributed by atoms with Crippen molar-refractivity contribution in [3.05, 3.63) is 71.3 Å². The van der Waals surface area contributed by atoms with Crippen molar-refractivity contribution >= 4 is 18.0 Å². The van der Waals surface area contributed by atoms with E-state index in [0.29, 0.717) is 0 Å². The number of benzene rings is 2. The van der Waals surface area contributed by atoms with Crippen LogP contribution in [0.3, 0.4) is 0 Å². The summed E-state index contributed by atoms with van der Waals surface area (Å²) in [5, 5.41) is 14.5. The number of carboxylic acid groups (broad SMARTS) is 1. The Morgan fingerprint density at radius 2 is 1.57 bits per heavy atom. The third kappa shape index (κ3) is 6.70. The minimum absolute atomic E-state index is 0.108. The first-order chi connectivity index (χ1) is 16.8. The molecule has 0 spiro atoms. The van der Waals surface area contributed by atoms with Gasteiger partial charge in [0, 0.05) is 26.1 Å². The first kappa shape index (κ1) is 26.0. The predicted octanol–water partition coefficient (Wildman–Crippen LogP) is 3.86. The molecule has 8 heteroatoms. The molecule has 2 amide bonds. The van der Waals surface area contributed by atoms with Crippen LogP contribution < -0.4 is 10.6 Å². The Balaban J connectivity index is 1.65. The van der Waals surface area contributed by atoms with Gasteiger partial charge in [0.25, 0.3) is 0 Å². The summed E-state index contributed by atoms with van der Waals surface area (Å²) in [5.74, 6) is -1.87. The van der Waals surface area contributed by atoms with Crippen LogP contribution in [0.4, 0.5) is 4.79 Å². The molecule has 0 saturated carbocycles. The van der Waals surface area contributed by atoms with Crippen molar-refractivity contribution in [1.82, 2.24) is 10.6 Å². The molecule has 0 heterocycles. The van der Waals surface area contributed by atoms with E-state index >= 15 is 0 Å². The maximum Gasteiger partial charge on any atom is 0.407 e. The highest BCUT2D eigenvalue weighted by Gasteiger charge is 2.30. The van der Waals surface area contributed by atoms with Gasteiger partial charge in [0.1, 0.15) is 18.7 Å². The number of aliphatic carboxylic acids is 1. The minimum Gasteiger partial charge on any atom is -0.480 e. The molecule has 2 atom stereocenters. The smallest absolute Gasteiger partial charge is 0.407 e. The number of carboxylic acids is 1. The van der Waals surface area contributed by atoms with Gasteiger partial charge in [-0.2, -0.15) is 0 Å². The molecule has 2 aromatic rings. The molecule has 35 heavy (non-hydrogen) atoms. The monoisotopic (exact) mass is 480 g/mol. The van der Waals surface area contributed by atoms with Gasteiger partial charge in [-0.25, -0.2) is 9.59 Å². The number of carbonyl (C=O) groups is 3. The molecule has 186 valence electrons. The van der Waals surface area contributed by atoms with Crippen LogP contribution in [0.25, 0.3) is 11.1 Å². The lowest BCUT2D eigenvalue weighted by Crippen LogP contribution is -2.52. The highest BCUT2D eigenvalue weighted by molar-refractivity contribution is 5.89. The van der Waals surface area contributed by atoms with Gasteiger partial charge in [-0.15, -0.1) is 0 Å². The summed E-state index contributed by atoms with van der Waals surface area (Å²) in [5.41, 5.74) is 5.34. The van der Waals surface area contributed by atoms with Crippen molar-refractivity contribution in [3.63, 3.8) is 0 Å². The molecule has 0 radical (unpaired) electrons. The molecule has 3 rings (SSSR count). The van der Waals surface area contributed by atoms with Gasteiger partial charge in [-0.3, -0.25) is 4.79 Å². The van der Waals surface area contributed by atoms with E-state index in [9.17, 15) is 19.5 Å². The number of hydrogen-bond donors (Lipinski definition) is 3. The van der Waals surface area contributed by atoms with E-state index in [0.717, 1.165) is 27.8 Å². The van der Waals surface area contributed by atoms with E-state index < -0.39 is 30.1 Å². The summed E-state index contributed by atoms with van der Waals surface area (Å²) in [7, 11) is 1.48. The van der Waals surface area contributed by atoms with Crippen LogP contribution in [0.5, 0.6) is 0 Å². The second-order valence-electron chi connectivity index (χ2n) is 8.72. The fourth-order valence-electron chi connectivity index (χ4n) is 4.13. The van der Waals surface area contributed by atoms with Crippen LogP contribution >= 0.6 is 0 Å². The largest absolute Gasteiger partial charge is 0.480 e. The Morgan fingerprint density at radius 1 is 0.971 bits per heavy atom. The maximum absolute atomic E-state index is 12.8. The SMILES string of the molecule is COCCC(NC(=O)OCC1c2ccccc2-c2ccccc21)C(=O)NC(CC=C(C)C)C(=O)O. The van der Waals surface area contributed by atoms with Crippen LogP contribution in [-0.2, 0) is 19.1 Å². The number of ether oxygens (including phenoxy) is 2. The fraction of sp³-hybridized carbons (Fsp3) is 0.370. The van der Waals surface area contributed by atoms with Crippen molar-refractivity contribution in [3.8, 4) is 11.1 Å². The fourth-order valence-corrected chi connectivity index (χ4v) is 4.13. The van der Waals surface area contributed by atoms with Crippen LogP contribution in [0.15, 0.2) is 60.2 Å². The Labute approximate surface area is 205 Å². The van der Waals surface area contributed by atoms with Crippen molar-refractivity contribution in [2.45, 2.75) is 44.7 Å². The molecule has 0 aromatic heterocycles. The van der Waals surface area contributed by atoms with Crippen molar-refractivity contribution in [1.29, 1.82) is 0 Å². The van der Waals surface area contributed by atoms with Crippen molar-refractivity contribution in [2.75, 3.05) is 20.3 Å². The summed E-state index contributed by atoms with van der Waals surface area (Å²) < 4.78 is 10.6. The normalized spacial score (nSPS) is 13.7. The number of hydrogen-bond acceptors (Lipinski definition) is 5. The van der Waals surface area contributed by atoms with Gasteiger partial charge in [0.15, 0.2) is 0 Å². The van der Waals surface area contributed by atoms with E-state index in [2.05, 4.69) is 10.6 Å². The third-order valence-corrected chi connectivity index (χ3v) is 5.94. The van der Waals surface area contributed by atoms with E-state index in [1.807, 2.05) is 62.4 Å². The predicted molar refractivity (Wildman–Crippen MR) is 132 cm³/mol. The molecule has 0 aliphatic heterocycles. The standard InChI is InChI=1S/C27H32N2O6/c1-17(2)12-13-24(26(31)32)28-25(30)23(14-15-34-3)29-27(33)35-16-22-20-10-6-4-8-18(20)19-9-5-7-11-21(19)22/h4-12,22-24H,13-16H2,1-3H3,(H,28,30)(H,29,33)(H,31,32). The number of rotatable bonds is 11. The Morgan fingerprint density at radius 3 is 2.11 bits per heavy atom. The van der Waals surface area contributed by atoms with E-state index in [1.165, 1.54) is 7.11 Å². The zero-order valence-electron chi connectivity index (χ0n) is 20.2. The summed E-state index contributed by atoms with van der Waals surface area (Å²) in [6.07, 6.45) is 1.30. The average molecular weight is 481 g/mol. The summed E-state index contributed by atoms with van der Waals surface area (Å²) in [6, 6.07) is 13.9. The molecule has 0 fully saturated rings. The van der Waals surface area contributed by atoms with Crippen LogP contribution in [-0.4, -0.2) is 55.5 Å². The number of fused-ring (bicyclic) bond motifs is 3. The Bertz CT molecular complexity index is 1050. The molecule has 1 aliphatic rings. The molecule has 2 unspecified atom stereocenters. The Hall–Kier alpha value is -3.65. The van der Waals surface area contributed by atoms with E-state index in [-0.39, 0.29) is 32.0 Å². The zero-order chi connectivity index (χ0) is 25.4. The minimum atomic E-state index is -1.15. The highest BCUT2D eigenvalue weighted by atomic mass is 16.5. The molecule has 8 nitrogen and oxygen atoms in total. The summed E-state index contributed by atoms with van der Waals surface area (Å²) in [4.78, 5) is 37.0. The Kier molecular flexibility index (Phi) is 9.03. The third-order valence-electron chi connectivity index (χ3n) is 5.94. The van der Waals surface area contributed by atoms with E-state index in [1.54, 1.807) is 6.08 Å². The quantitative estimate of drug-likeness (QED) is 0.421. The topological polar surface area (TPSA) is 114 Å². The van der Waals surface area contributed by atoms with Gasteiger partial charge in [-0.1, -0.05) is 60.2 Å². The van der Waals surface area contributed by atoms with E-state index in [4.69, 9.17) is 9.47 Å². The molecule has 2 aromatic carbocycles. The first-order valence-corrected chi connectivity index (χ1v) is 11.6. The summed E-state index contributed by atoms with van der Waals surface area (Å²) in [6.45, 7) is 4.01. The van der Waals surface area contributed by atoms with Crippen molar-refractivity contribution in [2.24, 2.45) is 0 Å². The lowest BCUT2D eigenvalue weighted by molar-refractivity contribution is -0.142. The first-order valence-electron chi connectivity index (χ1n) is 11.6. The summed E-state index contributed by atoms with van der Waals surface area (Å²) >= 11 is 0. The average Bonchev–Trinajstić information content (AvgIpc) is 3.16. The van der Waals surface area contributed by atoms with Crippen LogP contribution in [0.1, 0.15) is 43.7 Å². The zero-order valence-corrected chi connectivity index (χ0v) is 20.2. The van der Waals surface area contributed by atoms with Crippen molar-refractivity contribution < 1.29 is 29.0 Å². The second kappa shape index (κ2) is 12.2. The molecule has 1 aliphatic carbocycles. The molecular weight excluding hydrogens is 448 g/mol. The lowest BCUT2D eigenvalue weighted by Gasteiger charge is -2.21. The number of amides is 2. The van der Waals surface area contributed by atoms with Gasteiger partial charge in [0.2, 0.25) is 5.91 Å². The number of nitrogens with one attached hydrogen (secondary N) is 2. The highest BCUT2D eigenvalue weighted by Crippen LogP contribution is 2.44. The van der Waals surface area contributed by atoms with Gasteiger partial charge in [0.05, 0.1) is 0 Å². The number of alkyl carbamates (subject to hydrolysis) is 1. The molecular formula is C27H32N2O6. The lowest BCUT2D eigenvalue weighted by atomic mass is 9.98.